The molecule has 2 aromatic heterocycles. The lowest BCUT2D eigenvalue weighted by Crippen LogP contribution is -2.39. The minimum Gasteiger partial charge on any atom is -0.463 e. The number of halogens is 2. The van der Waals surface area contributed by atoms with E-state index in [1.165, 1.54) is 11.3 Å². The van der Waals surface area contributed by atoms with Gasteiger partial charge in [-0.15, -0.1) is 11.8 Å². The first-order valence-electron chi connectivity index (χ1n) is 13.6. The molecule has 0 N–H and O–H groups in total. The van der Waals surface area contributed by atoms with Crippen molar-refractivity contribution in [3.8, 4) is 0 Å². The van der Waals surface area contributed by atoms with Crippen LogP contribution in [-0.4, -0.2) is 28.0 Å². The van der Waals surface area contributed by atoms with Gasteiger partial charge in [-0.1, -0.05) is 70.9 Å². The molecule has 6 nitrogen and oxygen atoms in total. The maximum atomic E-state index is 14.1. The molecule has 3 aromatic carbocycles. The summed E-state index contributed by atoms with van der Waals surface area (Å²) in [6.07, 6.45) is 5.94. The first-order valence-corrected chi connectivity index (χ1v) is 16.4. The number of benzene rings is 3. The standard InChI is InChI=1S/C33H27Cl2N3O3S2/c1-4-41-32(40)29-19(2)36-33-38(30(29)20-10-13-24(42-3)14-11-20)31(39)28(43-33)15-22-18-37(27-8-6-5-7-25(22)27)17-21-9-12-23(34)16-26(21)35/h5-16,18,30H,4,17H2,1-3H3/b28-15-/t30-/m1/s1. The Morgan fingerprint density at radius 3 is 2.60 bits per heavy atom. The number of aromatic nitrogens is 2. The van der Waals surface area contributed by atoms with Crippen LogP contribution in [0.2, 0.25) is 10.0 Å². The van der Waals surface area contributed by atoms with E-state index in [4.69, 9.17) is 32.9 Å². The maximum absolute atomic E-state index is 14.1. The van der Waals surface area contributed by atoms with Crippen LogP contribution in [0, 0.1) is 0 Å². The zero-order valence-corrected chi connectivity index (χ0v) is 26.8. The van der Waals surface area contributed by atoms with Crippen molar-refractivity contribution in [2.24, 2.45) is 4.99 Å². The maximum Gasteiger partial charge on any atom is 0.338 e. The molecule has 0 saturated carbocycles. The highest BCUT2D eigenvalue weighted by Gasteiger charge is 2.33. The zero-order valence-electron chi connectivity index (χ0n) is 23.6. The summed E-state index contributed by atoms with van der Waals surface area (Å²) in [6.45, 7) is 4.33. The van der Waals surface area contributed by atoms with Crippen LogP contribution in [0.4, 0.5) is 0 Å². The van der Waals surface area contributed by atoms with E-state index < -0.39 is 12.0 Å². The first kappa shape index (κ1) is 29.5. The predicted octanol–water partition coefficient (Wildman–Crippen LogP) is 6.83. The highest BCUT2D eigenvalue weighted by molar-refractivity contribution is 7.98. The molecule has 10 heteroatoms. The van der Waals surface area contributed by atoms with Gasteiger partial charge in [-0.3, -0.25) is 9.36 Å². The van der Waals surface area contributed by atoms with Crippen molar-refractivity contribution in [3.63, 3.8) is 0 Å². The lowest BCUT2D eigenvalue weighted by Gasteiger charge is -2.24. The monoisotopic (exact) mass is 647 g/mol. The van der Waals surface area contributed by atoms with Crippen LogP contribution in [0.3, 0.4) is 0 Å². The molecule has 0 spiro atoms. The van der Waals surface area contributed by atoms with Crippen molar-refractivity contribution in [1.82, 2.24) is 9.13 Å². The largest absolute Gasteiger partial charge is 0.463 e. The molecule has 0 fully saturated rings. The molecule has 0 aliphatic carbocycles. The molecule has 1 aliphatic heterocycles. The summed E-state index contributed by atoms with van der Waals surface area (Å²) in [6, 6.07) is 20.8. The minimum atomic E-state index is -0.651. The predicted molar refractivity (Wildman–Crippen MR) is 176 cm³/mol. The van der Waals surface area contributed by atoms with Crippen molar-refractivity contribution in [2.45, 2.75) is 31.3 Å². The van der Waals surface area contributed by atoms with Crippen molar-refractivity contribution in [1.29, 1.82) is 0 Å². The van der Waals surface area contributed by atoms with Crippen LogP contribution >= 0.6 is 46.3 Å². The number of carbonyl (C=O) groups excluding carboxylic acids is 1. The Bertz CT molecular complexity index is 2090. The van der Waals surface area contributed by atoms with E-state index >= 15 is 0 Å². The van der Waals surface area contributed by atoms with Crippen molar-refractivity contribution < 1.29 is 9.53 Å². The molecule has 0 radical (unpaired) electrons. The molecule has 0 unspecified atom stereocenters. The number of hydrogen-bond acceptors (Lipinski definition) is 6. The first-order chi connectivity index (χ1) is 20.8. The molecular formula is C33H27Cl2N3O3S2. The number of rotatable bonds is 7. The lowest BCUT2D eigenvalue weighted by atomic mass is 9.96. The van der Waals surface area contributed by atoms with Crippen LogP contribution in [0.1, 0.15) is 36.6 Å². The summed E-state index contributed by atoms with van der Waals surface area (Å²) < 4.78 is 9.68. The summed E-state index contributed by atoms with van der Waals surface area (Å²) in [5.41, 5.74) is 4.37. The van der Waals surface area contributed by atoms with E-state index in [1.807, 2.05) is 79.2 Å². The average Bonchev–Trinajstić information content (AvgIpc) is 3.50. The van der Waals surface area contributed by atoms with E-state index in [1.54, 1.807) is 36.2 Å². The van der Waals surface area contributed by atoms with Crippen molar-refractivity contribution in [2.75, 3.05) is 12.9 Å². The molecule has 43 heavy (non-hydrogen) atoms. The molecule has 0 bridgehead atoms. The number of ether oxygens (including phenoxy) is 1. The van der Waals surface area contributed by atoms with Gasteiger partial charge in [0, 0.05) is 44.1 Å². The van der Waals surface area contributed by atoms with E-state index in [9.17, 15) is 9.59 Å². The van der Waals surface area contributed by atoms with Gasteiger partial charge in [0.1, 0.15) is 0 Å². The van der Waals surface area contributed by atoms with Gasteiger partial charge in [-0.25, -0.2) is 9.79 Å². The molecule has 0 saturated heterocycles. The minimum absolute atomic E-state index is 0.213. The number of hydrogen-bond donors (Lipinski definition) is 0. The Morgan fingerprint density at radius 1 is 1.12 bits per heavy atom. The highest BCUT2D eigenvalue weighted by Crippen LogP contribution is 2.32. The van der Waals surface area contributed by atoms with Crippen molar-refractivity contribution >= 4 is 69.2 Å². The quantitative estimate of drug-likeness (QED) is 0.143. The van der Waals surface area contributed by atoms with E-state index in [2.05, 4.69) is 4.57 Å². The molecule has 1 atom stereocenters. The third-order valence-corrected chi connectivity index (χ3v) is 9.72. The number of allylic oxidation sites excluding steroid dienone is 1. The van der Waals surface area contributed by atoms with Crippen LogP contribution in [-0.2, 0) is 16.1 Å². The van der Waals surface area contributed by atoms with Crippen LogP contribution in [0.5, 0.6) is 0 Å². The number of esters is 1. The molecule has 0 amide bonds. The van der Waals surface area contributed by atoms with Gasteiger partial charge < -0.3 is 9.30 Å². The van der Waals surface area contributed by atoms with E-state index in [0.717, 1.165) is 32.5 Å². The molecule has 218 valence electrons. The fraction of sp³-hybridized carbons (Fsp3) is 0.182. The van der Waals surface area contributed by atoms with Gasteiger partial charge in [-0.05, 0) is 67.6 Å². The van der Waals surface area contributed by atoms with Gasteiger partial charge in [0.25, 0.3) is 5.56 Å². The fourth-order valence-electron chi connectivity index (χ4n) is 5.39. The number of thiazole rings is 1. The fourth-order valence-corrected chi connectivity index (χ4v) is 7.30. The van der Waals surface area contributed by atoms with Gasteiger partial charge in [0.15, 0.2) is 4.80 Å². The van der Waals surface area contributed by atoms with Crippen LogP contribution in [0.25, 0.3) is 17.0 Å². The summed E-state index contributed by atoms with van der Waals surface area (Å²) in [5, 5.41) is 2.19. The lowest BCUT2D eigenvalue weighted by molar-refractivity contribution is -0.139. The number of fused-ring (bicyclic) bond motifs is 2. The Hall–Kier alpha value is -3.56. The molecule has 6 rings (SSSR count). The molecular weight excluding hydrogens is 621 g/mol. The molecule has 3 heterocycles. The topological polar surface area (TPSA) is 65.6 Å². The Labute approximate surface area is 266 Å². The third kappa shape index (κ3) is 5.60. The Kier molecular flexibility index (Phi) is 8.38. The number of thioether (sulfide) groups is 1. The SMILES string of the molecule is CCOC(=O)C1=C(C)N=c2s/c(=C\c3cn(Cc4ccc(Cl)cc4Cl)c4ccccc34)c(=O)n2[C@@H]1c1ccc(SC)cc1. The molecule has 1 aliphatic rings. The third-order valence-electron chi connectivity index (χ3n) is 7.41. The van der Waals surface area contributed by atoms with Crippen molar-refractivity contribution in [3.05, 3.63) is 131 Å². The Morgan fingerprint density at radius 2 is 1.88 bits per heavy atom. The van der Waals surface area contributed by atoms with Crippen LogP contribution < -0.4 is 14.9 Å². The summed E-state index contributed by atoms with van der Waals surface area (Å²) in [5.74, 6) is -0.471. The highest BCUT2D eigenvalue weighted by atomic mass is 35.5. The summed E-state index contributed by atoms with van der Waals surface area (Å²) >= 11 is 15.6. The van der Waals surface area contributed by atoms with E-state index in [0.29, 0.717) is 37.2 Å². The normalized spacial score (nSPS) is 15.1. The number of nitrogens with zero attached hydrogens (tertiary/aromatic N) is 3. The smallest absolute Gasteiger partial charge is 0.338 e. The summed E-state index contributed by atoms with van der Waals surface area (Å²) in [4.78, 5) is 33.7. The second-order valence-corrected chi connectivity index (χ2v) is 12.8. The van der Waals surface area contributed by atoms with Gasteiger partial charge >= 0.3 is 5.97 Å². The summed E-state index contributed by atoms with van der Waals surface area (Å²) in [7, 11) is 0. The molecule has 5 aromatic rings. The second-order valence-electron chi connectivity index (χ2n) is 10.0. The van der Waals surface area contributed by atoms with Gasteiger partial charge in [0.2, 0.25) is 0 Å². The van der Waals surface area contributed by atoms with Crippen LogP contribution in [0.15, 0.2) is 98.9 Å². The van der Waals surface area contributed by atoms with Gasteiger partial charge in [-0.2, -0.15) is 0 Å². The average molecular weight is 649 g/mol. The number of carbonyl (C=O) groups is 1. The number of para-hydroxylation sites is 1. The Balaban J connectivity index is 1.50. The zero-order chi connectivity index (χ0) is 30.2. The van der Waals surface area contributed by atoms with E-state index in [-0.39, 0.29) is 12.2 Å². The second kappa shape index (κ2) is 12.2. The van der Waals surface area contributed by atoms with Gasteiger partial charge in [0.05, 0.1) is 28.5 Å².